The zero-order chi connectivity index (χ0) is 27.1. The predicted octanol–water partition coefficient (Wildman–Crippen LogP) is 7.17. The van der Waals surface area contributed by atoms with E-state index in [1.54, 1.807) is 0 Å². The van der Waals surface area contributed by atoms with E-state index in [1.165, 1.54) is 0 Å². The lowest BCUT2D eigenvalue weighted by Crippen LogP contribution is -2.50. The maximum absolute atomic E-state index is 10.7. The van der Waals surface area contributed by atoms with Gasteiger partial charge < -0.3 is 9.53 Å². The Morgan fingerprint density at radius 1 is 1.28 bits per heavy atom. The Labute approximate surface area is 191 Å². The number of hydrogen-bond acceptors (Lipinski definition) is 2. The molecule has 0 unspecified atom stereocenters. The van der Waals surface area contributed by atoms with Crippen molar-refractivity contribution in [3.63, 3.8) is 0 Å². The van der Waals surface area contributed by atoms with Crippen LogP contribution in [0.25, 0.3) is 0 Å². The molecule has 2 rings (SSSR count). The number of hydrogen-bond donors (Lipinski definition) is 1. The first-order valence-electron chi connectivity index (χ1n) is 14.5. The molecule has 0 radical (unpaired) electrons. The fourth-order valence-corrected chi connectivity index (χ4v) is 7.24. The van der Waals surface area contributed by atoms with Crippen LogP contribution in [0.4, 0.5) is 0 Å². The van der Waals surface area contributed by atoms with Gasteiger partial charge in [-0.3, -0.25) is 0 Å². The molecule has 0 aliphatic heterocycles. The van der Waals surface area contributed by atoms with Gasteiger partial charge in [0.2, 0.25) is 0 Å². The molecule has 2 aliphatic rings. The zero-order valence-corrected chi connectivity index (χ0v) is 20.6. The normalized spacial score (nSPS) is 35.9. The predicted molar refractivity (Wildman–Crippen MR) is 127 cm³/mol. The van der Waals surface area contributed by atoms with Gasteiger partial charge in [0.25, 0.3) is 0 Å². The minimum Gasteiger partial charge on any atom is -0.414 e. The Balaban J connectivity index is 2.19. The van der Waals surface area contributed by atoms with Crippen LogP contribution in [0.1, 0.15) is 107 Å². The summed E-state index contributed by atoms with van der Waals surface area (Å²) in [7, 11) is -1.89. The lowest BCUT2D eigenvalue weighted by molar-refractivity contribution is -0.0234. The summed E-state index contributed by atoms with van der Waals surface area (Å²) in [4.78, 5) is 0. The minimum absolute atomic E-state index is 0.108. The molecule has 0 aromatic carbocycles. The monoisotopic (exact) mass is 426 g/mol. The van der Waals surface area contributed by atoms with Crippen molar-refractivity contribution in [1.29, 1.82) is 0 Å². The number of fused-ring (bicyclic) bond motifs is 1. The molecule has 5 atom stereocenters. The first-order chi connectivity index (χ1) is 15.7. The third-order valence-corrected chi connectivity index (χ3v) is 13.0. The van der Waals surface area contributed by atoms with E-state index in [-0.39, 0.29) is 28.9 Å². The van der Waals surface area contributed by atoms with Crippen molar-refractivity contribution in [2.75, 3.05) is 0 Å². The van der Waals surface area contributed by atoms with Crippen molar-refractivity contribution in [1.82, 2.24) is 0 Å². The van der Waals surface area contributed by atoms with Gasteiger partial charge in [-0.1, -0.05) is 40.5 Å². The van der Waals surface area contributed by atoms with Crippen molar-refractivity contribution in [3.05, 3.63) is 0 Å². The molecule has 1 N–H and O–H groups in total. The number of aliphatic hydroxyl groups is 1. The summed E-state index contributed by atoms with van der Waals surface area (Å²) in [5, 5.41) is 10.8. The number of terminal acetylenes is 1. The third-order valence-electron chi connectivity index (χ3n) is 8.45. The highest BCUT2D eigenvalue weighted by atomic mass is 28.4. The number of rotatable bonds is 8. The van der Waals surface area contributed by atoms with Crippen LogP contribution in [0.3, 0.4) is 0 Å². The molecule has 0 saturated heterocycles. The molecular weight excluding hydrogens is 372 g/mol. The molecule has 2 nitrogen and oxygen atoms in total. The Hall–Kier alpha value is -0.303. The Kier molecular flexibility index (Phi) is 5.39. The summed E-state index contributed by atoms with van der Waals surface area (Å²) in [6.07, 6.45) is 12.8. The SMILES string of the molecule is [2H]C([2H])([2H])C(O)(CCC[C@@H](CC#C)[C@H]1CC[C@H]2[C@@H](O[Si](C)(C)C(C)(C)C)CCC[C@]12C)C([2H])([2H])[2H]. The summed E-state index contributed by atoms with van der Waals surface area (Å²) < 4.78 is 52.8. The van der Waals surface area contributed by atoms with Gasteiger partial charge in [-0.2, -0.15) is 0 Å². The smallest absolute Gasteiger partial charge is 0.192 e. The summed E-state index contributed by atoms with van der Waals surface area (Å²) >= 11 is 0. The van der Waals surface area contributed by atoms with E-state index < -0.39 is 27.6 Å². The molecule has 0 spiro atoms. The van der Waals surface area contributed by atoms with Crippen molar-refractivity contribution < 1.29 is 17.8 Å². The van der Waals surface area contributed by atoms with Crippen molar-refractivity contribution >= 4 is 8.32 Å². The summed E-state index contributed by atoms with van der Waals surface area (Å²) in [6, 6.07) is 0. The summed E-state index contributed by atoms with van der Waals surface area (Å²) in [6.45, 7) is 7.93. The van der Waals surface area contributed by atoms with Crippen molar-refractivity contribution in [2.45, 2.75) is 129 Å². The van der Waals surface area contributed by atoms with E-state index in [9.17, 15) is 5.11 Å². The Morgan fingerprint density at radius 2 is 1.97 bits per heavy atom. The average Bonchev–Trinajstić information content (AvgIpc) is 3.02. The maximum atomic E-state index is 10.7. The lowest BCUT2D eigenvalue weighted by Gasteiger charge is -2.50. The molecule has 0 amide bonds. The molecule has 2 saturated carbocycles. The van der Waals surface area contributed by atoms with Gasteiger partial charge in [0.1, 0.15) is 0 Å². The third kappa shape index (κ3) is 5.90. The highest BCUT2D eigenvalue weighted by Crippen LogP contribution is 2.60. The molecule has 0 aromatic rings. The molecule has 2 fully saturated rings. The summed E-state index contributed by atoms with van der Waals surface area (Å²) in [5.41, 5.74) is -2.59. The van der Waals surface area contributed by atoms with E-state index in [0.29, 0.717) is 31.1 Å². The molecule has 3 heteroatoms. The minimum atomic E-state index is -2.97. The van der Waals surface area contributed by atoms with Crippen LogP contribution in [-0.4, -0.2) is 25.1 Å². The zero-order valence-electron chi connectivity index (χ0n) is 25.6. The van der Waals surface area contributed by atoms with Crippen LogP contribution in [-0.2, 0) is 4.43 Å². The second-order valence-corrected chi connectivity index (χ2v) is 16.3. The highest BCUT2D eigenvalue weighted by molar-refractivity contribution is 6.74. The first kappa shape index (κ1) is 17.3. The van der Waals surface area contributed by atoms with Crippen molar-refractivity contribution in [2.24, 2.45) is 23.2 Å². The molecule has 2 aliphatic carbocycles. The van der Waals surface area contributed by atoms with Crippen LogP contribution in [0.5, 0.6) is 0 Å². The topological polar surface area (TPSA) is 29.5 Å². The molecule has 0 bridgehead atoms. The largest absolute Gasteiger partial charge is 0.414 e. The average molecular weight is 427 g/mol. The van der Waals surface area contributed by atoms with Gasteiger partial charge in [-0.15, -0.1) is 12.3 Å². The van der Waals surface area contributed by atoms with E-state index in [1.807, 2.05) is 0 Å². The standard InChI is InChI=1S/C26H48O2Si/c1-10-13-20(14-11-18-25(5,6)27)21-16-17-22-23(15-12-19-26(21,22)7)28-29(8,9)24(2,3)4/h1,20-23,27H,11-19H2,2-9H3/t20-,21-,22+,23+,26-/m1/s1/i5D3,6D3. The van der Waals surface area contributed by atoms with Gasteiger partial charge in [0, 0.05) is 20.7 Å². The van der Waals surface area contributed by atoms with Crippen LogP contribution in [0, 0.1) is 35.5 Å². The van der Waals surface area contributed by atoms with Gasteiger partial charge in [-0.25, -0.2) is 0 Å². The van der Waals surface area contributed by atoms with Crippen LogP contribution in [0.2, 0.25) is 18.1 Å². The fraction of sp³-hybridized carbons (Fsp3) is 0.923. The van der Waals surface area contributed by atoms with Gasteiger partial charge in [0.15, 0.2) is 8.32 Å². The van der Waals surface area contributed by atoms with Crippen LogP contribution in [0.15, 0.2) is 0 Å². The molecule has 29 heavy (non-hydrogen) atoms. The maximum Gasteiger partial charge on any atom is 0.192 e. The van der Waals surface area contributed by atoms with Crippen molar-refractivity contribution in [3.8, 4) is 12.3 Å². The van der Waals surface area contributed by atoms with E-state index >= 15 is 0 Å². The second kappa shape index (κ2) is 9.05. The Morgan fingerprint density at radius 3 is 2.55 bits per heavy atom. The second-order valence-electron chi connectivity index (χ2n) is 11.5. The fourth-order valence-electron chi connectivity index (χ4n) is 5.85. The van der Waals surface area contributed by atoms with Gasteiger partial charge in [-0.05, 0) is 93.5 Å². The van der Waals surface area contributed by atoms with E-state index in [2.05, 4.69) is 46.7 Å². The van der Waals surface area contributed by atoms with Gasteiger partial charge in [0.05, 0.1) is 5.60 Å². The molecule has 0 aromatic heterocycles. The molecule has 168 valence electrons. The summed E-state index contributed by atoms with van der Waals surface area (Å²) in [5.74, 6) is 3.88. The molecular formula is C26H48O2Si. The van der Waals surface area contributed by atoms with Crippen LogP contribution >= 0.6 is 0 Å². The van der Waals surface area contributed by atoms with E-state index in [0.717, 1.165) is 32.1 Å². The molecule has 0 heterocycles. The van der Waals surface area contributed by atoms with Gasteiger partial charge >= 0.3 is 0 Å². The quantitative estimate of drug-likeness (QED) is 0.329. The van der Waals surface area contributed by atoms with Crippen LogP contribution < -0.4 is 0 Å². The highest BCUT2D eigenvalue weighted by Gasteiger charge is 2.54. The lowest BCUT2D eigenvalue weighted by atomic mass is 9.60. The first-order valence-corrected chi connectivity index (χ1v) is 14.5. The van der Waals surface area contributed by atoms with E-state index in [4.69, 9.17) is 19.1 Å². The Bertz CT molecular complexity index is 750.